The van der Waals surface area contributed by atoms with Gasteiger partial charge in [-0.1, -0.05) is 22.0 Å². The van der Waals surface area contributed by atoms with Gasteiger partial charge in [-0.25, -0.2) is 0 Å². The van der Waals surface area contributed by atoms with Crippen molar-refractivity contribution in [2.75, 3.05) is 5.32 Å². The zero-order valence-electron chi connectivity index (χ0n) is 10.9. The topological polar surface area (TPSA) is 37.8 Å². The van der Waals surface area contributed by atoms with E-state index in [1.165, 1.54) is 17.1 Å². The molecule has 1 aromatic heterocycles. The Kier molecular flexibility index (Phi) is 3.73. The number of rotatable bonds is 2. The van der Waals surface area contributed by atoms with Crippen LogP contribution < -0.4 is 5.32 Å². The summed E-state index contributed by atoms with van der Waals surface area (Å²) in [5.41, 5.74) is 2.24. The van der Waals surface area contributed by atoms with E-state index in [0.29, 0.717) is 0 Å². The van der Waals surface area contributed by atoms with Crippen molar-refractivity contribution in [3.8, 4) is 11.4 Å². The largest absolute Gasteiger partial charge is 0.356 e. The number of anilines is 1. The Bertz CT molecular complexity index is 558. The fourth-order valence-corrected chi connectivity index (χ4v) is 2.97. The number of nitrogens with zero attached hydrogens (tertiary/aromatic N) is 2. The second-order valence-electron chi connectivity index (χ2n) is 5.28. The maximum absolute atomic E-state index is 4.52. The second-order valence-corrected chi connectivity index (χ2v) is 6.89. The van der Waals surface area contributed by atoms with E-state index in [0.717, 1.165) is 21.0 Å². The number of hydrogen-bond acceptors (Lipinski definition) is 4. The predicted octanol–water partition coefficient (Wildman–Crippen LogP) is 4.49. The maximum atomic E-state index is 4.52. The van der Waals surface area contributed by atoms with Crippen LogP contribution in [-0.2, 0) is 0 Å². The van der Waals surface area contributed by atoms with E-state index >= 15 is 0 Å². The average molecular weight is 326 g/mol. The lowest BCUT2D eigenvalue weighted by Gasteiger charge is -2.18. The van der Waals surface area contributed by atoms with Crippen molar-refractivity contribution in [3.63, 3.8) is 0 Å². The average Bonchev–Trinajstić information content (AvgIpc) is 2.63. The smallest absolute Gasteiger partial charge is 0.203 e. The Hall–Kier alpha value is -0.940. The molecule has 2 aromatic rings. The van der Waals surface area contributed by atoms with Gasteiger partial charge in [0.15, 0.2) is 5.82 Å². The minimum absolute atomic E-state index is 0.00130. The molecule has 1 aromatic carbocycles. The van der Waals surface area contributed by atoms with E-state index in [9.17, 15) is 0 Å². The minimum Gasteiger partial charge on any atom is -0.356 e. The lowest BCUT2D eigenvalue weighted by molar-refractivity contribution is 0.633. The highest BCUT2D eigenvalue weighted by atomic mass is 79.9. The molecule has 18 heavy (non-hydrogen) atoms. The maximum Gasteiger partial charge on any atom is 0.203 e. The molecule has 0 saturated carbocycles. The molecule has 96 valence electrons. The van der Waals surface area contributed by atoms with Crippen LogP contribution in [0, 0.1) is 6.92 Å². The van der Waals surface area contributed by atoms with Gasteiger partial charge in [-0.3, -0.25) is 0 Å². The molecule has 0 bridgehead atoms. The van der Waals surface area contributed by atoms with Crippen LogP contribution in [0.5, 0.6) is 0 Å². The molecule has 0 fully saturated rings. The van der Waals surface area contributed by atoms with Crippen LogP contribution in [0.3, 0.4) is 0 Å². The molecule has 0 aliphatic heterocycles. The molecule has 0 spiro atoms. The summed E-state index contributed by atoms with van der Waals surface area (Å²) in [5, 5.41) is 4.18. The molecule has 0 amide bonds. The van der Waals surface area contributed by atoms with Crippen LogP contribution in [-0.4, -0.2) is 14.9 Å². The summed E-state index contributed by atoms with van der Waals surface area (Å²) in [6.45, 7) is 8.39. The first kappa shape index (κ1) is 13.5. The third kappa shape index (κ3) is 3.29. The fourth-order valence-electron chi connectivity index (χ4n) is 1.51. The number of hydrogen-bond donors (Lipinski definition) is 1. The summed E-state index contributed by atoms with van der Waals surface area (Å²) in [4.78, 5) is 4.52. The van der Waals surface area contributed by atoms with Crippen molar-refractivity contribution in [2.45, 2.75) is 33.2 Å². The van der Waals surface area contributed by atoms with Crippen molar-refractivity contribution < 1.29 is 0 Å². The van der Waals surface area contributed by atoms with Gasteiger partial charge >= 0.3 is 0 Å². The standard InChI is InChI=1S/C13H16BrN3S/c1-8-5-6-9(10(14)7-8)11-15-12(18-17-11)16-13(2,3)4/h5-7H,1-4H3,(H,15,16,17). The van der Waals surface area contributed by atoms with Gasteiger partial charge in [0.1, 0.15) is 0 Å². The number of halogens is 1. The summed E-state index contributed by atoms with van der Waals surface area (Å²) < 4.78 is 5.43. The molecule has 0 unspecified atom stereocenters. The van der Waals surface area contributed by atoms with Gasteiger partial charge in [-0.2, -0.15) is 9.36 Å². The Morgan fingerprint density at radius 2 is 2.00 bits per heavy atom. The molecule has 5 heteroatoms. The molecular formula is C13H16BrN3S. The SMILES string of the molecule is Cc1ccc(-c2nsc(NC(C)(C)C)n2)c(Br)c1. The van der Waals surface area contributed by atoms with Gasteiger partial charge in [-0.05, 0) is 45.4 Å². The third-order valence-electron chi connectivity index (χ3n) is 2.27. The van der Waals surface area contributed by atoms with E-state index in [4.69, 9.17) is 0 Å². The molecule has 0 aliphatic rings. The van der Waals surface area contributed by atoms with Gasteiger partial charge in [-0.15, -0.1) is 0 Å². The molecule has 0 aliphatic carbocycles. The van der Waals surface area contributed by atoms with Crippen molar-refractivity contribution >= 4 is 32.6 Å². The highest BCUT2D eigenvalue weighted by Crippen LogP contribution is 2.29. The summed E-state index contributed by atoms with van der Waals surface area (Å²) >= 11 is 4.95. The number of aryl methyl sites for hydroxylation is 1. The molecular weight excluding hydrogens is 310 g/mol. The summed E-state index contributed by atoms with van der Waals surface area (Å²) in [7, 11) is 0. The number of nitrogens with one attached hydrogen (secondary N) is 1. The quantitative estimate of drug-likeness (QED) is 0.884. The van der Waals surface area contributed by atoms with Crippen molar-refractivity contribution in [1.29, 1.82) is 0 Å². The Balaban J connectivity index is 2.29. The normalized spacial score (nSPS) is 11.6. The Labute approximate surface area is 120 Å². The summed E-state index contributed by atoms with van der Waals surface area (Å²) in [5.74, 6) is 0.763. The third-order valence-corrected chi connectivity index (χ3v) is 3.56. The van der Waals surface area contributed by atoms with E-state index in [1.807, 2.05) is 6.07 Å². The van der Waals surface area contributed by atoms with E-state index in [-0.39, 0.29) is 5.54 Å². The molecule has 0 saturated heterocycles. The lowest BCUT2D eigenvalue weighted by atomic mass is 10.1. The molecule has 1 heterocycles. The monoisotopic (exact) mass is 325 g/mol. The highest BCUT2D eigenvalue weighted by molar-refractivity contribution is 9.10. The zero-order chi connectivity index (χ0) is 13.3. The van der Waals surface area contributed by atoms with Gasteiger partial charge < -0.3 is 5.32 Å². The molecule has 0 atom stereocenters. The predicted molar refractivity (Wildman–Crippen MR) is 81.2 cm³/mol. The number of benzene rings is 1. The first-order chi connectivity index (χ1) is 8.35. The van der Waals surface area contributed by atoms with Crippen molar-refractivity contribution in [1.82, 2.24) is 9.36 Å². The lowest BCUT2D eigenvalue weighted by Crippen LogP contribution is -2.25. The van der Waals surface area contributed by atoms with Crippen LogP contribution in [0.4, 0.5) is 5.13 Å². The molecule has 2 rings (SSSR count). The highest BCUT2D eigenvalue weighted by Gasteiger charge is 2.14. The number of aromatic nitrogens is 2. The molecule has 3 nitrogen and oxygen atoms in total. The van der Waals surface area contributed by atoms with Gasteiger partial charge in [0, 0.05) is 27.1 Å². The molecule has 0 radical (unpaired) electrons. The van der Waals surface area contributed by atoms with Gasteiger partial charge in [0.05, 0.1) is 0 Å². The Morgan fingerprint density at radius 3 is 2.61 bits per heavy atom. The van der Waals surface area contributed by atoms with Gasteiger partial charge in [0.25, 0.3) is 0 Å². The van der Waals surface area contributed by atoms with E-state index < -0.39 is 0 Å². The van der Waals surface area contributed by atoms with E-state index in [2.05, 4.69) is 70.4 Å². The van der Waals surface area contributed by atoms with Crippen LogP contribution >= 0.6 is 27.5 Å². The first-order valence-corrected chi connectivity index (χ1v) is 7.30. The summed E-state index contributed by atoms with van der Waals surface area (Å²) in [6, 6.07) is 6.19. The fraction of sp³-hybridized carbons (Fsp3) is 0.385. The molecule has 1 N–H and O–H groups in total. The second kappa shape index (κ2) is 4.97. The van der Waals surface area contributed by atoms with Crippen molar-refractivity contribution in [2.24, 2.45) is 0 Å². The van der Waals surface area contributed by atoms with Crippen LogP contribution in [0.1, 0.15) is 26.3 Å². The first-order valence-electron chi connectivity index (χ1n) is 5.73. The summed E-state index contributed by atoms with van der Waals surface area (Å²) in [6.07, 6.45) is 0. The zero-order valence-corrected chi connectivity index (χ0v) is 13.3. The van der Waals surface area contributed by atoms with Gasteiger partial charge in [0.2, 0.25) is 5.13 Å². The van der Waals surface area contributed by atoms with Crippen LogP contribution in [0.25, 0.3) is 11.4 Å². The van der Waals surface area contributed by atoms with Crippen LogP contribution in [0.15, 0.2) is 22.7 Å². The Morgan fingerprint density at radius 1 is 1.28 bits per heavy atom. The minimum atomic E-state index is 0.00130. The van der Waals surface area contributed by atoms with Crippen molar-refractivity contribution in [3.05, 3.63) is 28.2 Å². The van der Waals surface area contributed by atoms with E-state index in [1.54, 1.807) is 0 Å². The van der Waals surface area contributed by atoms with Crippen LogP contribution in [0.2, 0.25) is 0 Å².